The smallest absolute Gasteiger partial charge is 0.246 e. The summed E-state index contributed by atoms with van der Waals surface area (Å²) >= 11 is 0. The second kappa shape index (κ2) is 7.47. The van der Waals surface area contributed by atoms with E-state index in [9.17, 15) is 8.42 Å². The lowest BCUT2D eigenvalue weighted by Gasteiger charge is -2.25. The monoisotopic (exact) mass is 409 g/mol. The Bertz CT molecular complexity index is 1110. The van der Waals surface area contributed by atoms with Crippen LogP contribution in [0.25, 0.3) is 10.8 Å². The number of fused-ring (bicyclic) bond motifs is 1. The maximum absolute atomic E-state index is 13.3. The Morgan fingerprint density at radius 3 is 2.31 bits per heavy atom. The first kappa shape index (κ1) is 19.9. The van der Waals surface area contributed by atoms with E-state index in [1.807, 2.05) is 54.6 Å². The molecule has 1 aliphatic rings. The zero-order chi connectivity index (χ0) is 20.6. The summed E-state index contributed by atoms with van der Waals surface area (Å²) in [6.07, 6.45) is 0.993. The molecule has 0 aliphatic carbocycles. The minimum atomic E-state index is -3.60. The lowest BCUT2D eigenvalue weighted by atomic mass is 9.87. The highest BCUT2D eigenvalue weighted by molar-refractivity contribution is 7.89. The van der Waals surface area contributed by atoms with Crippen molar-refractivity contribution in [1.29, 1.82) is 0 Å². The van der Waals surface area contributed by atoms with Crippen molar-refractivity contribution in [2.24, 2.45) is 0 Å². The van der Waals surface area contributed by atoms with Gasteiger partial charge in [-0.15, -0.1) is 0 Å². The Hall–Kier alpha value is -2.37. The van der Waals surface area contributed by atoms with E-state index in [0.717, 1.165) is 22.8 Å². The zero-order valence-electron chi connectivity index (χ0n) is 17.1. The number of nitrogens with zero attached hydrogens (tertiary/aromatic N) is 1. The van der Waals surface area contributed by atoms with Gasteiger partial charge >= 0.3 is 0 Å². The van der Waals surface area contributed by atoms with E-state index in [2.05, 4.69) is 20.8 Å². The molecule has 1 fully saturated rings. The molecule has 5 heteroatoms. The van der Waals surface area contributed by atoms with Gasteiger partial charge in [0.25, 0.3) is 0 Å². The topological polar surface area (TPSA) is 46.6 Å². The van der Waals surface area contributed by atoms with Crippen LogP contribution in [-0.4, -0.2) is 25.5 Å². The fourth-order valence-electron chi connectivity index (χ4n) is 3.76. The molecule has 0 aromatic heterocycles. The Morgan fingerprint density at radius 2 is 1.62 bits per heavy atom. The van der Waals surface area contributed by atoms with Gasteiger partial charge in [-0.2, -0.15) is 4.31 Å². The van der Waals surface area contributed by atoms with Crippen LogP contribution >= 0.6 is 0 Å². The SMILES string of the molecule is CC(C)(C)c1ccc(S(=O)(=O)N2CCC[C@@H]2Oc2ccc3ccccc3c2)cc1. The average Bonchev–Trinajstić information content (AvgIpc) is 3.16. The van der Waals surface area contributed by atoms with Crippen LogP contribution in [0.2, 0.25) is 0 Å². The summed E-state index contributed by atoms with van der Waals surface area (Å²) < 4.78 is 34.1. The minimum absolute atomic E-state index is 0.0162. The van der Waals surface area contributed by atoms with E-state index in [4.69, 9.17) is 4.74 Å². The highest BCUT2D eigenvalue weighted by Gasteiger charge is 2.37. The standard InChI is InChI=1S/C24H27NO3S/c1-24(2,3)20-11-14-22(15-12-20)29(26,27)25-16-6-9-23(25)28-21-13-10-18-7-4-5-8-19(18)17-21/h4-5,7-8,10-15,17,23H,6,9,16H2,1-3H3/t23-/m0/s1. The molecule has 0 N–H and O–H groups in total. The van der Waals surface area contributed by atoms with Gasteiger partial charge < -0.3 is 4.74 Å². The average molecular weight is 410 g/mol. The van der Waals surface area contributed by atoms with E-state index in [0.29, 0.717) is 23.6 Å². The first-order valence-electron chi connectivity index (χ1n) is 10.0. The number of hydrogen-bond donors (Lipinski definition) is 0. The molecule has 1 atom stereocenters. The van der Waals surface area contributed by atoms with Crippen molar-refractivity contribution in [3.8, 4) is 5.75 Å². The van der Waals surface area contributed by atoms with Crippen molar-refractivity contribution in [1.82, 2.24) is 4.31 Å². The fourth-order valence-corrected chi connectivity index (χ4v) is 5.34. The molecule has 3 aromatic carbocycles. The van der Waals surface area contributed by atoms with Gasteiger partial charge in [0.15, 0.2) is 6.23 Å². The lowest BCUT2D eigenvalue weighted by Crippen LogP contribution is -2.39. The van der Waals surface area contributed by atoms with Crippen LogP contribution in [0.3, 0.4) is 0 Å². The number of ether oxygens (including phenoxy) is 1. The molecule has 1 heterocycles. The van der Waals surface area contributed by atoms with Gasteiger partial charge in [0.1, 0.15) is 5.75 Å². The maximum Gasteiger partial charge on any atom is 0.246 e. The van der Waals surface area contributed by atoms with Crippen LogP contribution in [-0.2, 0) is 15.4 Å². The van der Waals surface area contributed by atoms with E-state index in [1.165, 1.54) is 4.31 Å². The molecule has 152 valence electrons. The molecule has 0 bridgehead atoms. The molecule has 0 amide bonds. The van der Waals surface area contributed by atoms with E-state index in [1.54, 1.807) is 12.1 Å². The molecule has 0 saturated carbocycles. The van der Waals surface area contributed by atoms with Gasteiger partial charge in [0.2, 0.25) is 10.0 Å². The predicted octanol–water partition coefficient (Wildman–Crippen LogP) is 5.33. The summed E-state index contributed by atoms with van der Waals surface area (Å²) in [5, 5.41) is 2.21. The molecule has 4 nitrogen and oxygen atoms in total. The highest BCUT2D eigenvalue weighted by atomic mass is 32.2. The summed E-state index contributed by atoms with van der Waals surface area (Å²) in [7, 11) is -3.60. The van der Waals surface area contributed by atoms with Crippen molar-refractivity contribution in [3.63, 3.8) is 0 Å². The first-order valence-corrected chi connectivity index (χ1v) is 11.5. The molecule has 3 aromatic rings. The number of benzene rings is 3. The van der Waals surface area contributed by atoms with E-state index < -0.39 is 16.3 Å². The highest BCUT2D eigenvalue weighted by Crippen LogP contribution is 2.31. The number of hydrogen-bond acceptors (Lipinski definition) is 3. The molecule has 1 saturated heterocycles. The Labute approximate surface area is 173 Å². The largest absolute Gasteiger partial charge is 0.474 e. The Morgan fingerprint density at radius 1 is 0.931 bits per heavy atom. The quantitative estimate of drug-likeness (QED) is 0.585. The van der Waals surface area contributed by atoms with Gasteiger partial charge in [-0.05, 0) is 52.4 Å². The fraction of sp³-hybridized carbons (Fsp3) is 0.333. The summed E-state index contributed by atoms with van der Waals surface area (Å²) in [5.74, 6) is 0.693. The van der Waals surface area contributed by atoms with Crippen LogP contribution in [0.1, 0.15) is 39.2 Å². The second-order valence-electron chi connectivity index (χ2n) is 8.61. The molecule has 29 heavy (non-hydrogen) atoms. The zero-order valence-corrected chi connectivity index (χ0v) is 17.9. The second-order valence-corrected chi connectivity index (χ2v) is 10.5. The Balaban J connectivity index is 1.58. The van der Waals surface area contributed by atoms with E-state index >= 15 is 0 Å². The van der Waals surface area contributed by atoms with Crippen molar-refractivity contribution in [2.45, 2.75) is 50.2 Å². The molecule has 4 rings (SSSR count). The van der Waals surface area contributed by atoms with Gasteiger partial charge in [-0.1, -0.05) is 63.2 Å². The van der Waals surface area contributed by atoms with Gasteiger partial charge in [-0.3, -0.25) is 0 Å². The molecular formula is C24H27NO3S. The summed E-state index contributed by atoms with van der Waals surface area (Å²) in [5.41, 5.74) is 1.10. The first-order chi connectivity index (χ1) is 13.7. The molecular weight excluding hydrogens is 382 g/mol. The maximum atomic E-state index is 13.3. The Kier molecular flexibility index (Phi) is 5.13. The molecule has 1 aliphatic heterocycles. The molecule has 0 spiro atoms. The van der Waals surface area contributed by atoms with E-state index in [-0.39, 0.29) is 5.41 Å². The normalized spacial score (nSPS) is 18.2. The van der Waals surface area contributed by atoms with Crippen LogP contribution in [0.5, 0.6) is 5.75 Å². The predicted molar refractivity (Wildman–Crippen MR) is 117 cm³/mol. The number of sulfonamides is 1. The van der Waals surface area contributed by atoms with Gasteiger partial charge in [0.05, 0.1) is 4.90 Å². The van der Waals surface area contributed by atoms with Crippen LogP contribution < -0.4 is 4.74 Å². The molecule has 0 radical (unpaired) electrons. The third kappa shape index (κ3) is 4.02. The van der Waals surface area contributed by atoms with Crippen molar-refractivity contribution >= 4 is 20.8 Å². The van der Waals surface area contributed by atoms with Gasteiger partial charge in [-0.25, -0.2) is 8.42 Å². The van der Waals surface area contributed by atoms with Crippen LogP contribution in [0.15, 0.2) is 71.6 Å². The van der Waals surface area contributed by atoms with Crippen LogP contribution in [0.4, 0.5) is 0 Å². The van der Waals surface area contributed by atoms with Crippen LogP contribution in [0, 0.1) is 0 Å². The van der Waals surface area contributed by atoms with Crippen molar-refractivity contribution < 1.29 is 13.2 Å². The summed E-state index contributed by atoms with van der Waals surface area (Å²) in [6.45, 7) is 6.82. The summed E-state index contributed by atoms with van der Waals surface area (Å²) in [6, 6.07) is 21.2. The molecule has 0 unspecified atom stereocenters. The third-order valence-corrected chi connectivity index (χ3v) is 7.37. The lowest BCUT2D eigenvalue weighted by molar-refractivity contribution is 0.120. The van der Waals surface area contributed by atoms with Gasteiger partial charge in [0, 0.05) is 13.0 Å². The third-order valence-electron chi connectivity index (χ3n) is 5.47. The van der Waals surface area contributed by atoms with Crippen molar-refractivity contribution in [3.05, 3.63) is 72.3 Å². The summed E-state index contributed by atoms with van der Waals surface area (Å²) in [4.78, 5) is 0.319. The number of rotatable bonds is 4. The van der Waals surface area contributed by atoms with Crippen molar-refractivity contribution in [2.75, 3.05) is 6.54 Å². The minimum Gasteiger partial charge on any atom is -0.474 e.